The Morgan fingerprint density at radius 1 is 1.12 bits per heavy atom. The number of nitrogens with zero attached hydrogens (tertiary/aromatic N) is 2. The maximum Gasteiger partial charge on any atom is 0.309 e. The highest BCUT2D eigenvalue weighted by Crippen LogP contribution is 2.19. The molecule has 1 heterocycles. The molecule has 2 N–H and O–H groups in total. The largest absolute Gasteiger partial charge is 0.466 e. The summed E-state index contributed by atoms with van der Waals surface area (Å²) in [5.74, 6) is 0.622. The lowest BCUT2D eigenvalue weighted by Crippen LogP contribution is -2.50. The molecule has 25 heavy (non-hydrogen) atoms. The van der Waals surface area contributed by atoms with Crippen LogP contribution in [0.15, 0.2) is 4.99 Å². The van der Waals surface area contributed by atoms with E-state index in [1.165, 1.54) is 19.3 Å². The zero-order valence-corrected chi connectivity index (χ0v) is 15.6. The average molecular weight is 352 g/mol. The zero-order valence-electron chi connectivity index (χ0n) is 15.6. The predicted molar refractivity (Wildman–Crippen MR) is 97.3 cm³/mol. The number of amides is 1. The molecular weight excluding hydrogens is 320 g/mol. The third-order valence-corrected chi connectivity index (χ3v) is 5.00. The van der Waals surface area contributed by atoms with Crippen molar-refractivity contribution in [3.63, 3.8) is 0 Å². The first-order valence-corrected chi connectivity index (χ1v) is 9.55. The molecule has 2 rings (SSSR count). The van der Waals surface area contributed by atoms with Crippen molar-refractivity contribution >= 4 is 17.8 Å². The number of hydrogen-bond acceptors (Lipinski definition) is 4. The molecule has 142 valence electrons. The SMILES string of the molecule is CCOC(=O)C1CCN(C(=NC)NCC(=O)NC2CCCCC2)CC1. The van der Waals surface area contributed by atoms with Gasteiger partial charge < -0.3 is 20.3 Å². The first kappa shape index (κ1) is 19.5. The lowest BCUT2D eigenvalue weighted by atomic mass is 9.95. The van der Waals surface area contributed by atoms with Gasteiger partial charge in [-0.25, -0.2) is 0 Å². The van der Waals surface area contributed by atoms with Crippen molar-refractivity contribution in [3.8, 4) is 0 Å². The number of hydrogen-bond donors (Lipinski definition) is 2. The minimum atomic E-state index is -0.100. The predicted octanol–water partition coefficient (Wildman–Crippen LogP) is 1.29. The van der Waals surface area contributed by atoms with Gasteiger partial charge in [-0.15, -0.1) is 0 Å². The zero-order chi connectivity index (χ0) is 18.1. The molecule has 0 unspecified atom stereocenters. The second kappa shape index (κ2) is 10.3. The van der Waals surface area contributed by atoms with Gasteiger partial charge in [0, 0.05) is 26.2 Å². The van der Waals surface area contributed by atoms with Crippen LogP contribution in [0.25, 0.3) is 0 Å². The molecule has 0 aromatic heterocycles. The Kier molecular flexibility index (Phi) is 8.01. The molecule has 1 aliphatic heterocycles. The molecule has 1 aliphatic carbocycles. The molecule has 0 spiro atoms. The highest BCUT2D eigenvalue weighted by atomic mass is 16.5. The summed E-state index contributed by atoms with van der Waals surface area (Å²) in [5.41, 5.74) is 0. The van der Waals surface area contributed by atoms with Gasteiger partial charge in [-0.3, -0.25) is 14.6 Å². The summed E-state index contributed by atoms with van der Waals surface area (Å²) in [4.78, 5) is 30.3. The molecule has 0 bridgehead atoms. The molecule has 7 heteroatoms. The Morgan fingerprint density at radius 3 is 2.40 bits per heavy atom. The average Bonchev–Trinajstić information content (AvgIpc) is 2.64. The minimum Gasteiger partial charge on any atom is -0.466 e. The van der Waals surface area contributed by atoms with E-state index in [1.807, 2.05) is 6.92 Å². The van der Waals surface area contributed by atoms with E-state index < -0.39 is 0 Å². The minimum absolute atomic E-state index is 0.0226. The van der Waals surface area contributed by atoms with E-state index in [1.54, 1.807) is 7.05 Å². The lowest BCUT2D eigenvalue weighted by Gasteiger charge is -2.33. The van der Waals surface area contributed by atoms with E-state index in [0.29, 0.717) is 12.6 Å². The van der Waals surface area contributed by atoms with Gasteiger partial charge in [0.1, 0.15) is 0 Å². The number of carbonyl (C=O) groups excluding carboxylic acids is 2. The summed E-state index contributed by atoms with van der Waals surface area (Å²) in [5, 5.41) is 6.25. The molecule has 2 aliphatic rings. The van der Waals surface area contributed by atoms with E-state index in [2.05, 4.69) is 20.5 Å². The number of guanidine groups is 1. The van der Waals surface area contributed by atoms with Crippen LogP contribution in [0.1, 0.15) is 51.9 Å². The van der Waals surface area contributed by atoms with Gasteiger partial charge in [0.15, 0.2) is 5.96 Å². The van der Waals surface area contributed by atoms with Gasteiger partial charge in [-0.1, -0.05) is 19.3 Å². The number of aliphatic imine (C=N–C) groups is 1. The smallest absolute Gasteiger partial charge is 0.309 e. The maximum absolute atomic E-state index is 12.1. The standard InChI is InChI=1S/C18H32N4O3/c1-3-25-17(24)14-9-11-22(12-10-14)18(19-2)20-13-16(23)21-15-7-5-4-6-8-15/h14-15H,3-13H2,1-2H3,(H,19,20)(H,21,23). The van der Waals surface area contributed by atoms with E-state index in [0.717, 1.165) is 44.7 Å². The van der Waals surface area contributed by atoms with Crippen LogP contribution in [0.2, 0.25) is 0 Å². The number of likely N-dealkylation sites (tertiary alicyclic amines) is 1. The van der Waals surface area contributed by atoms with Crippen molar-refractivity contribution in [2.45, 2.75) is 57.9 Å². The number of ether oxygens (including phenoxy) is 1. The first-order chi connectivity index (χ1) is 12.1. The summed E-state index contributed by atoms with van der Waals surface area (Å²) in [6, 6.07) is 0.324. The van der Waals surface area contributed by atoms with Gasteiger partial charge in [-0.05, 0) is 32.6 Å². The highest BCUT2D eigenvalue weighted by Gasteiger charge is 2.27. The molecule has 1 amide bonds. The van der Waals surface area contributed by atoms with E-state index in [9.17, 15) is 9.59 Å². The Hall–Kier alpha value is -1.79. The van der Waals surface area contributed by atoms with Gasteiger partial charge in [0.25, 0.3) is 0 Å². The molecule has 1 saturated heterocycles. The van der Waals surface area contributed by atoms with Crippen molar-refractivity contribution in [2.24, 2.45) is 10.9 Å². The monoisotopic (exact) mass is 352 g/mol. The number of rotatable bonds is 5. The fraction of sp³-hybridized carbons (Fsp3) is 0.833. The maximum atomic E-state index is 12.1. The Morgan fingerprint density at radius 2 is 1.80 bits per heavy atom. The second-order valence-corrected chi connectivity index (χ2v) is 6.82. The van der Waals surface area contributed by atoms with Crippen LogP contribution in [-0.2, 0) is 14.3 Å². The molecule has 0 aromatic rings. The Labute approximate surface area is 150 Å². The lowest BCUT2D eigenvalue weighted by molar-refractivity contribution is -0.149. The molecular formula is C18H32N4O3. The molecule has 2 fully saturated rings. The van der Waals surface area contributed by atoms with Gasteiger partial charge in [-0.2, -0.15) is 0 Å². The Balaban J connectivity index is 1.71. The third-order valence-electron chi connectivity index (χ3n) is 5.00. The summed E-state index contributed by atoms with van der Waals surface area (Å²) < 4.78 is 5.10. The normalized spacial score (nSPS) is 20.2. The summed E-state index contributed by atoms with van der Waals surface area (Å²) in [6.07, 6.45) is 7.37. The third kappa shape index (κ3) is 6.21. The highest BCUT2D eigenvalue weighted by molar-refractivity contribution is 5.86. The first-order valence-electron chi connectivity index (χ1n) is 9.55. The van der Waals surface area contributed by atoms with Crippen LogP contribution < -0.4 is 10.6 Å². The van der Waals surface area contributed by atoms with Crippen LogP contribution in [0.3, 0.4) is 0 Å². The van der Waals surface area contributed by atoms with Crippen molar-refractivity contribution in [1.29, 1.82) is 0 Å². The molecule has 0 aromatic carbocycles. The van der Waals surface area contributed by atoms with Crippen LogP contribution in [-0.4, -0.2) is 62.1 Å². The summed E-state index contributed by atoms with van der Waals surface area (Å²) >= 11 is 0. The summed E-state index contributed by atoms with van der Waals surface area (Å²) in [6.45, 7) is 3.98. The van der Waals surface area contributed by atoms with E-state index >= 15 is 0 Å². The quantitative estimate of drug-likeness (QED) is 0.442. The van der Waals surface area contributed by atoms with Crippen molar-refractivity contribution in [3.05, 3.63) is 0 Å². The molecule has 1 saturated carbocycles. The van der Waals surface area contributed by atoms with Crippen LogP contribution >= 0.6 is 0 Å². The van der Waals surface area contributed by atoms with E-state index in [4.69, 9.17) is 4.74 Å². The fourth-order valence-corrected chi connectivity index (χ4v) is 3.60. The van der Waals surface area contributed by atoms with Crippen LogP contribution in [0.5, 0.6) is 0 Å². The number of esters is 1. The second-order valence-electron chi connectivity index (χ2n) is 6.82. The van der Waals surface area contributed by atoms with Crippen molar-refractivity contribution in [2.75, 3.05) is 33.3 Å². The number of piperidine rings is 1. The van der Waals surface area contributed by atoms with Gasteiger partial charge in [0.05, 0.1) is 19.1 Å². The fourth-order valence-electron chi connectivity index (χ4n) is 3.60. The van der Waals surface area contributed by atoms with Gasteiger partial charge >= 0.3 is 5.97 Å². The van der Waals surface area contributed by atoms with Crippen LogP contribution in [0, 0.1) is 5.92 Å². The molecule has 7 nitrogen and oxygen atoms in total. The molecule has 0 atom stereocenters. The molecule has 0 radical (unpaired) electrons. The summed E-state index contributed by atoms with van der Waals surface area (Å²) in [7, 11) is 1.72. The van der Waals surface area contributed by atoms with Crippen molar-refractivity contribution in [1.82, 2.24) is 15.5 Å². The van der Waals surface area contributed by atoms with E-state index in [-0.39, 0.29) is 24.3 Å². The van der Waals surface area contributed by atoms with Crippen LogP contribution in [0.4, 0.5) is 0 Å². The number of carbonyl (C=O) groups is 2. The number of nitrogens with one attached hydrogen (secondary N) is 2. The topological polar surface area (TPSA) is 83.0 Å². The van der Waals surface area contributed by atoms with Crippen molar-refractivity contribution < 1.29 is 14.3 Å². The van der Waals surface area contributed by atoms with Gasteiger partial charge in [0.2, 0.25) is 5.91 Å². The Bertz CT molecular complexity index is 467.